The maximum Gasteiger partial charge on any atom is 0.164 e. The Labute approximate surface area is 329 Å². The zero-order valence-corrected chi connectivity index (χ0v) is 30.8. The maximum atomic E-state index is 6.73. The first-order valence-corrected chi connectivity index (χ1v) is 19.2. The van der Waals surface area contributed by atoms with Gasteiger partial charge < -0.3 is 4.42 Å². The number of hydrogen-bond donors (Lipinski definition) is 0. The summed E-state index contributed by atoms with van der Waals surface area (Å²) < 4.78 is 6.73. The first-order valence-electron chi connectivity index (χ1n) is 19.2. The minimum Gasteiger partial charge on any atom is -0.456 e. The van der Waals surface area contributed by atoms with Crippen LogP contribution in [-0.2, 0) is 0 Å². The van der Waals surface area contributed by atoms with Gasteiger partial charge in [0.2, 0.25) is 0 Å². The molecule has 0 atom stereocenters. The van der Waals surface area contributed by atoms with Crippen LogP contribution in [0.5, 0.6) is 0 Å². The van der Waals surface area contributed by atoms with Crippen LogP contribution in [-0.4, -0.2) is 15.0 Å². The van der Waals surface area contributed by atoms with Crippen molar-refractivity contribution in [3.05, 3.63) is 200 Å². The van der Waals surface area contributed by atoms with Gasteiger partial charge >= 0.3 is 0 Å². The van der Waals surface area contributed by atoms with E-state index < -0.39 is 0 Å². The summed E-state index contributed by atoms with van der Waals surface area (Å²) in [5, 5.41) is 6.78. The fraction of sp³-hybridized carbons (Fsp3) is 0. The molecule has 0 bridgehead atoms. The molecule has 0 fully saturated rings. The number of nitrogens with zero attached hydrogens (tertiary/aromatic N) is 3. The fourth-order valence-corrected chi connectivity index (χ4v) is 8.10. The third-order valence-electron chi connectivity index (χ3n) is 10.9. The average molecular weight is 728 g/mol. The lowest BCUT2D eigenvalue weighted by atomic mass is 9.93. The molecule has 0 saturated heterocycles. The predicted octanol–water partition coefficient (Wildman–Crippen LogP) is 14.1. The molecule has 9 aromatic carbocycles. The van der Waals surface area contributed by atoms with Crippen molar-refractivity contribution >= 4 is 43.5 Å². The van der Waals surface area contributed by atoms with Crippen molar-refractivity contribution in [1.82, 2.24) is 15.0 Å². The second-order valence-corrected chi connectivity index (χ2v) is 14.4. The molecular weight excluding hydrogens is 695 g/mol. The predicted molar refractivity (Wildman–Crippen MR) is 235 cm³/mol. The van der Waals surface area contributed by atoms with Crippen LogP contribution in [0.25, 0.3) is 111 Å². The van der Waals surface area contributed by atoms with E-state index in [0.717, 1.165) is 71.7 Å². The normalized spacial score (nSPS) is 11.5. The van der Waals surface area contributed by atoms with Crippen molar-refractivity contribution in [1.29, 1.82) is 0 Å². The summed E-state index contributed by atoms with van der Waals surface area (Å²) in [6, 6.07) is 69.9. The molecule has 0 radical (unpaired) electrons. The Morgan fingerprint density at radius 3 is 1.54 bits per heavy atom. The molecule has 0 saturated carbocycles. The number of hydrogen-bond acceptors (Lipinski definition) is 4. The van der Waals surface area contributed by atoms with Gasteiger partial charge in [-0.2, -0.15) is 0 Å². The summed E-state index contributed by atoms with van der Waals surface area (Å²) in [6.07, 6.45) is 0. The number of fused-ring (bicyclic) bond motifs is 6. The van der Waals surface area contributed by atoms with E-state index in [2.05, 4.69) is 164 Å². The van der Waals surface area contributed by atoms with Crippen LogP contribution in [0.4, 0.5) is 0 Å². The van der Waals surface area contributed by atoms with Crippen molar-refractivity contribution in [2.75, 3.05) is 0 Å². The van der Waals surface area contributed by atoms with Crippen LogP contribution in [0, 0.1) is 0 Å². The molecule has 266 valence electrons. The van der Waals surface area contributed by atoms with Gasteiger partial charge in [0.1, 0.15) is 11.2 Å². The van der Waals surface area contributed by atoms with Gasteiger partial charge in [-0.3, -0.25) is 0 Å². The quantitative estimate of drug-likeness (QED) is 0.171. The fourth-order valence-electron chi connectivity index (χ4n) is 8.10. The van der Waals surface area contributed by atoms with Crippen molar-refractivity contribution in [2.45, 2.75) is 0 Å². The first-order chi connectivity index (χ1) is 28.2. The van der Waals surface area contributed by atoms with Crippen LogP contribution in [0.3, 0.4) is 0 Å². The summed E-state index contributed by atoms with van der Waals surface area (Å²) in [5.41, 5.74) is 11.3. The van der Waals surface area contributed by atoms with E-state index in [-0.39, 0.29) is 0 Å². The minimum absolute atomic E-state index is 0.592. The van der Waals surface area contributed by atoms with Crippen LogP contribution in [0.15, 0.2) is 205 Å². The highest BCUT2D eigenvalue weighted by atomic mass is 16.3. The van der Waals surface area contributed by atoms with E-state index in [1.165, 1.54) is 21.9 Å². The molecule has 57 heavy (non-hydrogen) atoms. The summed E-state index contributed by atoms with van der Waals surface area (Å²) in [6.45, 7) is 0. The molecule has 11 rings (SSSR count). The van der Waals surface area contributed by atoms with Crippen LogP contribution < -0.4 is 0 Å². The molecule has 2 heterocycles. The Bertz CT molecular complexity index is 3260. The van der Waals surface area contributed by atoms with E-state index in [0.29, 0.717) is 17.5 Å². The molecule has 0 aliphatic rings. The highest BCUT2D eigenvalue weighted by Crippen LogP contribution is 2.43. The van der Waals surface area contributed by atoms with Gasteiger partial charge in [-0.15, -0.1) is 0 Å². The number of aromatic nitrogens is 3. The smallest absolute Gasteiger partial charge is 0.164 e. The van der Waals surface area contributed by atoms with Gasteiger partial charge in [0, 0.05) is 27.5 Å². The number of furan rings is 1. The second-order valence-electron chi connectivity index (χ2n) is 14.4. The van der Waals surface area contributed by atoms with Gasteiger partial charge in [-0.05, 0) is 73.1 Å². The van der Waals surface area contributed by atoms with Crippen LogP contribution in [0.1, 0.15) is 0 Å². The standard InChI is InChI=1S/C53H33N3O/c1-3-12-34(13-4-1)36-24-29-40(30-25-36)52-54-51(39-15-5-2-6-16-39)55-53(56-52)46-33-48-50(45-19-10-9-18-44(45)46)49-43(20-11-21-47(49)57-48)38-27-22-37(23-28-38)42-31-26-35-14-7-8-17-41(35)32-42/h1-33H. The average Bonchev–Trinajstić information content (AvgIpc) is 3.68. The Morgan fingerprint density at radius 1 is 0.281 bits per heavy atom. The van der Waals surface area contributed by atoms with Gasteiger partial charge in [0.15, 0.2) is 17.5 Å². The molecule has 0 aliphatic carbocycles. The van der Waals surface area contributed by atoms with Gasteiger partial charge in [-0.1, -0.05) is 182 Å². The van der Waals surface area contributed by atoms with Crippen LogP contribution in [0.2, 0.25) is 0 Å². The highest BCUT2D eigenvalue weighted by Gasteiger charge is 2.21. The lowest BCUT2D eigenvalue weighted by molar-refractivity contribution is 0.669. The minimum atomic E-state index is 0.592. The molecule has 0 aliphatic heterocycles. The van der Waals surface area contributed by atoms with Gasteiger partial charge in [0.05, 0.1) is 0 Å². The number of benzene rings is 9. The lowest BCUT2D eigenvalue weighted by Crippen LogP contribution is -2.00. The van der Waals surface area contributed by atoms with Crippen molar-refractivity contribution in [3.8, 4) is 67.5 Å². The van der Waals surface area contributed by atoms with Crippen molar-refractivity contribution < 1.29 is 4.42 Å². The van der Waals surface area contributed by atoms with Crippen molar-refractivity contribution in [2.24, 2.45) is 0 Å². The van der Waals surface area contributed by atoms with E-state index in [1.807, 2.05) is 36.4 Å². The Kier molecular flexibility index (Phi) is 7.78. The highest BCUT2D eigenvalue weighted by molar-refractivity contribution is 6.25. The van der Waals surface area contributed by atoms with E-state index in [4.69, 9.17) is 19.4 Å². The maximum absolute atomic E-state index is 6.73. The summed E-state index contributed by atoms with van der Waals surface area (Å²) >= 11 is 0. The summed E-state index contributed by atoms with van der Waals surface area (Å²) in [7, 11) is 0. The molecule has 4 nitrogen and oxygen atoms in total. The Morgan fingerprint density at radius 2 is 0.807 bits per heavy atom. The molecule has 0 N–H and O–H groups in total. The molecular formula is C53H33N3O. The molecule has 4 heteroatoms. The van der Waals surface area contributed by atoms with Crippen LogP contribution >= 0.6 is 0 Å². The SMILES string of the molecule is c1ccc(-c2ccc(-c3nc(-c4ccccc4)nc(-c4cc5oc6cccc(-c7ccc(-c8ccc9ccccc9c8)cc7)c6c5c5ccccc45)n3)cc2)cc1. The third-order valence-corrected chi connectivity index (χ3v) is 10.9. The third kappa shape index (κ3) is 5.83. The summed E-state index contributed by atoms with van der Waals surface area (Å²) in [4.78, 5) is 15.3. The van der Waals surface area contributed by atoms with Gasteiger partial charge in [0.25, 0.3) is 0 Å². The lowest BCUT2D eigenvalue weighted by Gasteiger charge is -2.12. The molecule has 11 aromatic rings. The molecule has 2 aromatic heterocycles. The van der Waals surface area contributed by atoms with E-state index in [9.17, 15) is 0 Å². The molecule has 0 unspecified atom stereocenters. The molecule has 0 amide bonds. The first kappa shape index (κ1) is 32.7. The number of rotatable bonds is 6. The van der Waals surface area contributed by atoms with Crippen molar-refractivity contribution in [3.63, 3.8) is 0 Å². The topological polar surface area (TPSA) is 51.8 Å². The zero-order chi connectivity index (χ0) is 37.7. The zero-order valence-electron chi connectivity index (χ0n) is 30.8. The Balaban J connectivity index is 1.06. The second kappa shape index (κ2) is 13.6. The van der Waals surface area contributed by atoms with Gasteiger partial charge in [-0.25, -0.2) is 15.0 Å². The van der Waals surface area contributed by atoms with E-state index >= 15 is 0 Å². The van der Waals surface area contributed by atoms with E-state index in [1.54, 1.807) is 0 Å². The molecule has 0 spiro atoms. The summed E-state index contributed by atoms with van der Waals surface area (Å²) in [5.74, 6) is 1.82. The Hall–Kier alpha value is -7.69. The monoisotopic (exact) mass is 727 g/mol. The largest absolute Gasteiger partial charge is 0.456 e.